The Morgan fingerprint density at radius 3 is 2.60 bits per heavy atom. The minimum Gasteiger partial charge on any atom is -0.355 e. The largest absolute Gasteiger partial charge is 0.355 e. The van der Waals surface area contributed by atoms with Gasteiger partial charge in [0.15, 0.2) is 0 Å². The number of piperidine rings is 2. The SMILES string of the molecule is O=C1NCC2(Cc3ccccc3)CC1C2. The van der Waals surface area contributed by atoms with Crippen LogP contribution in [0.15, 0.2) is 30.3 Å². The van der Waals surface area contributed by atoms with Crippen LogP contribution in [-0.2, 0) is 11.2 Å². The van der Waals surface area contributed by atoms with Crippen molar-refractivity contribution in [2.24, 2.45) is 11.3 Å². The second-order valence-electron chi connectivity index (χ2n) is 4.99. The molecule has 1 aromatic carbocycles. The zero-order valence-corrected chi connectivity index (χ0v) is 8.70. The zero-order valence-electron chi connectivity index (χ0n) is 8.70. The van der Waals surface area contributed by atoms with Crippen LogP contribution in [0.1, 0.15) is 18.4 Å². The maximum absolute atomic E-state index is 11.3. The molecule has 0 radical (unpaired) electrons. The number of fused-ring (bicyclic) bond motifs is 2. The molecular weight excluding hydrogens is 186 g/mol. The van der Waals surface area contributed by atoms with E-state index in [9.17, 15) is 4.79 Å². The first-order valence-electron chi connectivity index (χ1n) is 5.59. The van der Waals surface area contributed by atoms with Crippen LogP contribution in [0.2, 0.25) is 0 Å². The van der Waals surface area contributed by atoms with Crippen LogP contribution in [0.25, 0.3) is 0 Å². The fourth-order valence-electron chi connectivity index (χ4n) is 2.97. The normalized spacial score (nSPS) is 33.1. The second kappa shape index (κ2) is 3.09. The molecule has 0 unspecified atom stereocenters. The summed E-state index contributed by atoms with van der Waals surface area (Å²) in [6.45, 7) is 0.872. The highest BCUT2D eigenvalue weighted by molar-refractivity contribution is 5.81. The van der Waals surface area contributed by atoms with Gasteiger partial charge in [-0.3, -0.25) is 4.79 Å². The molecule has 2 heterocycles. The molecule has 1 saturated carbocycles. The van der Waals surface area contributed by atoms with Gasteiger partial charge in [0.2, 0.25) is 5.91 Å². The molecule has 1 aliphatic carbocycles. The van der Waals surface area contributed by atoms with Gasteiger partial charge in [0.25, 0.3) is 0 Å². The molecule has 0 aromatic heterocycles. The fourth-order valence-corrected chi connectivity index (χ4v) is 2.97. The molecule has 0 spiro atoms. The first kappa shape index (κ1) is 8.96. The van der Waals surface area contributed by atoms with Crippen LogP contribution in [0, 0.1) is 11.3 Å². The Bertz CT molecular complexity index is 373. The number of carbonyl (C=O) groups excluding carboxylic acids is 1. The Hall–Kier alpha value is -1.31. The summed E-state index contributed by atoms with van der Waals surface area (Å²) in [5, 5.41) is 3.00. The van der Waals surface area contributed by atoms with Gasteiger partial charge in [-0.2, -0.15) is 0 Å². The lowest BCUT2D eigenvalue weighted by Crippen LogP contribution is -2.58. The number of carbonyl (C=O) groups is 1. The van der Waals surface area contributed by atoms with Crippen LogP contribution in [-0.4, -0.2) is 12.5 Å². The Kier molecular flexibility index (Phi) is 1.84. The van der Waals surface area contributed by atoms with E-state index in [2.05, 4.69) is 29.6 Å². The highest BCUT2D eigenvalue weighted by Gasteiger charge is 2.50. The highest BCUT2D eigenvalue weighted by atomic mass is 16.2. The lowest BCUT2D eigenvalue weighted by Gasteiger charge is -2.51. The molecule has 2 saturated heterocycles. The van der Waals surface area contributed by atoms with Crippen molar-refractivity contribution in [1.82, 2.24) is 5.32 Å². The molecule has 3 fully saturated rings. The summed E-state index contributed by atoms with van der Waals surface area (Å²) in [6.07, 6.45) is 3.30. The summed E-state index contributed by atoms with van der Waals surface area (Å²) in [6, 6.07) is 10.6. The Labute approximate surface area is 89.7 Å². The van der Waals surface area contributed by atoms with Crippen molar-refractivity contribution in [2.75, 3.05) is 6.54 Å². The summed E-state index contributed by atoms with van der Waals surface area (Å²) < 4.78 is 0. The number of benzene rings is 1. The quantitative estimate of drug-likeness (QED) is 0.776. The van der Waals surface area contributed by atoms with Crippen molar-refractivity contribution in [1.29, 1.82) is 0 Å². The van der Waals surface area contributed by atoms with E-state index in [1.807, 2.05) is 6.07 Å². The first-order valence-corrected chi connectivity index (χ1v) is 5.59. The van der Waals surface area contributed by atoms with Gasteiger partial charge in [0.1, 0.15) is 0 Å². The fraction of sp³-hybridized carbons (Fsp3) is 0.462. The van der Waals surface area contributed by atoms with E-state index in [0.717, 1.165) is 25.8 Å². The molecule has 2 aliphatic heterocycles. The molecule has 2 bridgehead atoms. The minimum absolute atomic E-state index is 0.268. The van der Waals surface area contributed by atoms with E-state index in [1.165, 1.54) is 5.56 Å². The summed E-state index contributed by atoms with van der Waals surface area (Å²) in [7, 11) is 0. The van der Waals surface area contributed by atoms with Crippen molar-refractivity contribution < 1.29 is 4.79 Å². The van der Waals surface area contributed by atoms with E-state index in [-0.39, 0.29) is 5.91 Å². The maximum Gasteiger partial charge on any atom is 0.223 e. The van der Waals surface area contributed by atoms with E-state index in [1.54, 1.807) is 0 Å². The lowest BCUT2D eigenvalue weighted by atomic mass is 9.57. The Balaban J connectivity index is 1.73. The van der Waals surface area contributed by atoms with Gasteiger partial charge in [-0.05, 0) is 30.2 Å². The standard InChI is InChI=1S/C13H15NO/c15-12-11-7-13(8-11,9-14-12)6-10-4-2-1-3-5-10/h1-5,11H,6-9H2,(H,14,15). The summed E-state index contributed by atoms with van der Waals surface area (Å²) in [5.41, 5.74) is 1.77. The molecular formula is C13H15NO. The lowest BCUT2D eigenvalue weighted by molar-refractivity contribution is -0.140. The van der Waals surface area contributed by atoms with Gasteiger partial charge >= 0.3 is 0 Å². The maximum atomic E-state index is 11.3. The molecule has 1 N–H and O–H groups in total. The monoisotopic (exact) mass is 201 g/mol. The van der Waals surface area contributed by atoms with Crippen molar-refractivity contribution >= 4 is 5.91 Å². The first-order chi connectivity index (χ1) is 7.27. The second-order valence-corrected chi connectivity index (χ2v) is 4.99. The van der Waals surface area contributed by atoms with Crippen LogP contribution in [0.4, 0.5) is 0 Å². The van der Waals surface area contributed by atoms with E-state index >= 15 is 0 Å². The van der Waals surface area contributed by atoms with Crippen molar-refractivity contribution in [3.8, 4) is 0 Å². The Morgan fingerprint density at radius 1 is 1.27 bits per heavy atom. The van der Waals surface area contributed by atoms with E-state index < -0.39 is 0 Å². The van der Waals surface area contributed by atoms with Crippen LogP contribution in [0.5, 0.6) is 0 Å². The molecule has 78 valence electrons. The number of rotatable bonds is 2. The van der Waals surface area contributed by atoms with Crippen molar-refractivity contribution in [3.63, 3.8) is 0 Å². The Morgan fingerprint density at radius 2 is 2.00 bits per heavy atom. The van der Waals surface area contributed by atoms with Crippen molar-refractivity contribution in [3.05, 3.63) is 35.9 Å². The van der Waals surface area contributed by atoms with Gasteiger partial charge in [-0.25, -0.2) is 0 Å². The molecule has 3 aliphatic rings. The number of nitrogens with one attached hydrogen (secondary N) is 1. The zero-order chi connectivity index (χ0) is 10.3. The van der Waals surface area contributed by atoms with Gasteiger partial charge in [0.05, 0.1) is 0 Å². The van der Waals surface area contributed by atoms with Gasteiger partial charge < -0.3 is 5.32 Å². The molecule has 1 amide bonds. The summed E-state index contributed by atoms with van der Waals surface area (Å²) in [5.74, 6) is 0.576. The predicted molar refractivity (Wildman–Crippen MR) is 58.3 cm³/mol. The van der Waals surface area contributed by atoms with Gasteiger partial charge in [-0.1, -0.05) is 30.3 Å². The third kappa shape index (κ3) is 1.44. The molecule has 4 rings (SSSR count). The summed E-state index contributed by atoms with van der Waals surface area (Å²) >= 11 is 0. The summed E-state index contributed by atoms with van der Waals surface area (Å²) in [4.78, 5) is 11.3. The number of hydrogen-bond donors (Lipinski definition) is 1. The van der Waals surface area contributed by atoms with E-state index in [4.69, 9.17) is 0 Å². The average molecular weight is 201 g/mol. The van der Waals surface area contributed by atoms with Crippen LogP contribution < -0.4 is 5.32 Å². The smallest absolute Gasteiger partial charge is 0.223 e. The predicted octanol–water partition coefficient (Wildman–Crippen LogP) is 1.76. The third-order valence-electron chi connectivity index (χ3n) is 3.79. The molecule has 2 heteroatoms. The van der Waals surface area contributed by atoms with Gasteiger partial charge in [0, 0.05) is 12.5 Å². The number of hydrogen-bond acceptors (Lipinski definition) is 1. The van der Waals surface area contributed by atoms with Gasteiger partial charge in [-0.15, -0.1) is 0 Å². The topological polar surface area (TPSA) is 29.1 Å². The number of amides is 1. The third-order valence-corrected chi connectivity index (χ3v) is 3.79. The molecule has 0 atom stereocenters. The van der Waals surface area contributed by atoms with E-state index in [0.29, 0.717) is 11.3 Å². The average Bonchev–Trinajstić information content (AvgIpc) is 2.21. The molecule has 1 aromatic rings. The molecule has 2 nitrogen and oxygen atoms in total. The highest BCUT2D eigenvalue weighted by Crippen LogP contribution is 2.50. The minimum atomic E-state index is 0.268. The van der Waals surface area contributed by atoms with Crippen molar-refractivity contribution in [2.45, 2.75) is 19.3 Å². The van der Waals surface area contributed by atoms with Crippen LogP contribution in [0.3, 0.4) is 0 Å². The van der Waals surface area contributed by atoms with Crippen LogP contribution >= 0.6 is 0 Å². The molecule has 15 heavy (non-hydrogen) atoms.